The maximum atomic E-state index is 5.97. The zero-order valence-corrected chi connectivity index (χ0v) is 10.5. The maximum Gasteiger partial charge on any atom is 0.0951 e. The molecule has 1 fully saturated rings. The second kappa shape index (κ2) is 4.46. The standard InChI is InChI=1S/C14H17N3O/c1-18-10-6-8-17(9-10)13-5-4-12(15)14-11(13)3-2-7-16-14/h2-5,7,10H,6,8-9,15H2,1H3. The largest absolute Gasteiger partial charge is 0.397 e. The fraction of sp³-hybridized carbons (Fsp3) is 0.357. The second-order valence-corrected chi connectivity index (χ2v) is 4.67. The number of nitrogens with two attached hydrogens (primary N) is 1. The van der Waals surface area contributed by atoms with Crippen LogP contribution in [0.4, 0.5) is 11.4 Å². The van der Waals surface area contributed by atoms with E-state index < -0.39 is 0 Å². The van der Waals surface area contributed by atoms with Crippen LogP contribution >= 0.6 is 0 Å². The van der Waals surface area contributed by atoms with Gasteiger partial charge in [0.15, 0.2) is 0 Å². The Morgan fingerprint density at radius 2 is 2.28 bits per heavy atom. The molecule has 1 saturated heterocycles. The van der Waals surface area contributed by atoms with Gasteiger partial charge in [-0.15, -0.1) is 0 Å². The van der Waals surface area contributed by atoms with Crippen LogP contribution in [0, 0.1) is 0 Å². The lowest BCUT2D eigenvalue weighted by atomic mass is 10.1. The zero-order valence-electron chi connectivity index (χ0n) is 10.5. The van der Waals surface area contributed by atoms with Gasteiger partial charge in [0.1, 0.15) is 0 Å². The summed E-state index contributed by atoms with van der Waals surface area (Å²) in [4.78, 5) is 6.71. The van der Waals surface area contributed by atoms with Crippen molar-refractivity contribution in [3.63, 3.8) is 0 Å². The minimum Gasteiger partial charge on any atom is -0.397 e. The number of anilines is 2. The summed E-state index contributed by atoms with van der Waals surface area (Å²) in [6.45, 7) is 1.96. The summed E-state index contributed by atoms with van der Waals surface area (Å²) in [5, 5.41) is 1.12. The van der Waals surface area contributed by atoms with E-state index in [-0.39, 0.29) is 0 Å². The van der Waals surface area contributed by atoms with Crippen LogP contribution in [0.25, 0.3) is 10.9 Å². The monoisotopic (exact) mass is 243 g/mol. The van der Waals surface area contributed by atoms with E-state index in [1.54, 1.807) is 13.3 Å². The van der Waals surface area contributed by atoms with Crippen molar-refractivity contribution >= 4 is 22.3 Å². The van der Waals surface area contributed by atoms with Crippen molar-refractivity contribution in [1.82, 2.24) is 4.98 Å². The highest BCUT2D eigenvalue weighted by Gasteiger charge is 2.23. The number of hydrogen-bond acceptors (Lipinski definition) is 4. The van der Waals surface area contributed by atoms with E-state index >= 15 is 0 Å². The number of nitrogen functional groups attached to an aromatic ring is 1. The maximum absolute atomic E-state index is 5.97. The quantitative estimate of drug-likeness (QED) is 0.820. The third-order valence-electron chi connectivity index (χ3n) is 3.60. The Hall–Kier alpha value is -1.81. The summed E-state index contributed by atoms with van der Waals surface area (Å²) in [6, 6.07) is 8.05. The van der Waals surface area contributed by atoms with Gasteiger partial charge in [-0.25, -0.2) is 0 Å². The van der Waals surface area contributed by atoms with Crippen molar-refractivity contribution in [3.8, 4) is 0 Å². The molecule has 2 heterocycles. The average Bonchev–Trinajstić information content (AvgIpc) is 2.88. The number of nitrogens with zero attached hydrogens (tertiary/aromatic N) is 2. The van der Waals surface area contributed by atoms with E-state index in [0.717, 1.165) is 36.1 Å². The van der Waals surface area contributed by atoms with Crippen LogP contribution in [-0.2, 0) is 4.74 Å². The number of fused-ring (bicyclic) bond motifs is 1. The molecule has 1 aromatic heterocycles. The van der Waals surface area contributed by atoms with Crippen LogP contribution in [0.5, 0.6) is 0 Å². The average molecular weight is 243 g/mol. The summed E-state index contributed by atoms with van der Waals surface area (Å²) in [6.07, 6.45) is 3.18. The zero-order chi connectivity index (χ0) is 12.5. The predicted octanol–water partition coefficient (Wildman–Crippen LogP) is 2.04. The third kappa shape index (κ3) is 1.78. The lowest BCUT2D eigenvalue weighted by Gasteiger charge is -2.20. The van der Waals surface area contributed by atoms with E-state index in [2.05, 4.69) is 22.0 Å². The molecule has 1 aromatic carbocycles. The molecular formula is C14H17N3O. The number of benzene rings is 1. The first-order valence-electron chi connectivity index (χ1n) is 6.20. The summed E-state index contributed by atoms with van der Waals surface area (Å²) in [7, 11) is 1.77. The lowest BCUT2D eigenvalue weighted by Crippen LogP contribution is -2.22. The number of ether oxygens (including phenoxy) is 1. The predicted molar refractivity (Wildman–Crippen MR) is 73.8 cm³/mol. The van der Waals surface area contributed by atoms with Crippen molar-refractivity contribution in [2.24, 2.45) is 0 Å². The molecule has 2 aromatic rings. The molecule has 0 saturated carbocycles. The van der Waals surface area contributed by atoms with Gasteiger partial charge in [0.05, 0.1) is 17.3 Å². The Kier molecular flexibility index (Phi) is 2.80. The summed E-state index contributed by atoms with van der Waals surface area (Å²) in [5.74, 6) is 0. The van der Waals surface area contributed by atoms with Crippen molar-refractivity contribution < 1.29 is 4.74 Å². The second-order valence-electron chi connectivity index (χ2n) is 4.67. The Morgan fingerprint density at radius 1 is 1.39 bits per heavy atom. The normalized spacial score (nSPS) is 19.6. The number of rotatable bonds is 2. The summed E-state index contributed by atoms with van der Waals surface area (Å²) >= 11 is 0. The van der Waals surface area contributed by atoms with E-state index in [1.165, 1.54) is 5.69 Å². The van der Waals surface area contributed by atoms with Gasteiger partial charge in [-0.05, 0) is 30.7 Å². The topological polar surface area (TPSA) is 51.4 Å². The number of aromatic nitrogens is 1. The molecule has 1 atom stereocenters. The van der Waals surface area contributed by atoms with Crippen LogP contribution in [0.1, 0.15) is 6.42 Å². The first-order chi connectivity index (χ1) is 8.79. The molecule has 0 aliphatic carbocycles. The molecule has 1 aliphatic heterocycles. The van der Waals surface area contributed by atoms with E-state index in [9.17, 15) is 0 Å². The van der Waals surface area contributed by atoms with Gasteiger partial charge in [0, 0.05) is 37.5 Å². The Balaban J connectivity index is 2.05. The molecule has 0 radical (unpaired) electrons. The van der Waals surface area contributed by atoms with Crippen LogP contribution in [0.15, 0.2) is 30.5 Å². The molecule has 0 spiro atoms. The van der Waals surface area contributed by atoms with Crippen LogP contribution in [-0.4, -0.2) is 31.3 Å². The van der Waals surface area contributed by atoms with Gasteiger partial charge in [-0.2, -0.15) is 0 Å². The van der Waals surface area contributed by atoms with E-state index in [4.69, 9.17) is 10.5 Å². The van der Waals surface area contributed by atoms with Crippen molar-refractivity contribution in [1.29, 1.82) is 0 Å². The van der Waals surface area contributed by atoms with Crippen molar-refractivity contribution in [3.05, 3.63) is 30.5 Å². The van der Waals surface area contributed by atoms with Gasteiger partial charge in [-0.1, -0.05) is 0 Å². The van der Waals surface area contributed by atoms with Crippen LogP contribution < -0.4 is 10.6 Å². The van der Waals surface area contributed by atoms with Gasteiger partial charge in [-0.3, -0.25) is 4.98 Å². The highest BCUT2D eigenvalue weighted by Crippen LogP contribution is 2.31. The van der Waals surface area contributed by atoms with Gasteiger partial charge >= 0.3 is 0 Å². The lowest BCUT2D eigenvalue weighted by molar-refractivity contribution is 0.121. The molecule has 4 heteroatoms. The first-order valence-corrected chi connectivity index (χ1v) is 6.20. The molecule has 2 N–H and O–H groups in total. The molecular weight excluding hydrogens is 226 g/mol. The van der Waals surface area contributed by atoms with Gasteiger partial charge in [0.25, 0.3) is 0 Å². The number of methoxy groups -OCH3 is 1. The highest BCUT2D eigenvalue weighted by molar-refractivity contribution is 5.98. The fourth-order valence-corrected chi connectivity index (χ4v) is 2.59. The third-order valence-corrected chi connectivity index (χ3v) is 3.60. The van der Waals surface area contributed by atoms with Crippen LogP contribution in [0.3, 0.4) is 0 Å². The summed E-state index contributed by atoms with van der Waals surface area (Å²) in [5.41, 5.74) is 8.79. The smallest absolute Gasteiger partial charge is 0.0951 e. The molecule has 3 rings (SSSR count). The minimum atomic E-state index is 0.328. The van der Waals surface area contributed by atoms with Gasteiger partial charge < -0.3 is 15.4 Å². The van der Waals surface area contributed by atoms with Crippen molar-refractivity contribution in [2.45, 2.75) is 12.5 Å². The fourth-order valence-electron chi connectivity index (χ4n) is 2.59. The molecule has 4 nitrogen and oxygen atoms in total. The Labute approximate surface area is 106 Å². The van der Waals surface area contributed by atoms with E-state index in [1.807, 2.05) is 12.1 Å². The molecule has 94 valence electrons. The highest BCUT2D eigenvalue weighted by atomic mass is 16.5. The van der Waals surface area contributed by atoms with Gasteiger partial charge in [0.2, 0.25) is 0 Å². The van der Waals surface area contributed by atoms with Crippen molar-refractivity contribution in [2.75, 3.05) is 30.8 Å². The summed E-state index contributed by atoms with van der Waals surface area (Å²) < 4.78 is 5.42. The molecule has 18 heavy (non-hydrogen) atoms. The molecule has 0 amide bonds. The Morgan fingerprint density at radius 3 is 3.06 bits per heavy atom. The molecule has 1 unspecified atom stereocenters. The molecule has 0 bridgehead atoms. The SMILES string of the molecule is COC1CCN(c2ccc(N)c3ncccc23)C1. The number of hydrogen-bond donors (Lipinski definition) is 1. The van der Waals surface area contributed by atoms with Crippen LogP contribution in [0.2, 0.25) is 0 Å². The van der Waals surface area contributed by atoms with E-state index in [0.29, 0.717) is 6.10 Å². The first kappa shape index (κ1) is 11.3. The minimum absolute atomic E-state index is 0.328. The Bertz CT molecular complexity index is 570. The molecule has 1 aliphatic rings. The number of pyridine rings is 1.